The molecule has 0 spiro atoms. The monoisotopic (exact) mass is 441 g/mol. The van der Waals surface area contributed by atoms with Crippen LogP contribution in [0, 0.1) is 0 Å². The van der Waals surface area contributed by atoms with Gasteiger partial charge in [-0.25, -0.2) is 4.99 Å². The van der Waals surface area contributed by atoms with Crippen molar-refractivity contribution in [1.29, 1.82) is 0 Å². The van der Waals surface area contributed by atoms with Crippen LogP contribution in [0.2, 0.25) is 0 Å². The summed E-state index contributed by atoms with van der Waals surface area (Å²) >= 11 is 0. The first kappa shape index (κ1) is 20.0. The lowest BCUT2D eigenvalue weighted by Crippen LogP contribution is -2.38. The Kier molecular flexibility index (Phi) is 8.92. The summed E-state index contributed by atoms with van der Waals surface area (Å²) in [6.45, 7) is 5.05. The van der Waals surface area contributed by atoms with Gasteiger partial charge in [-0.1, -0.05) is 12.1 Å². The lowest BCUT2D eigenvalue weighted by molar-refractivity contribution is 0.100. The average molecular weight is 441 g/mol. The molecule has 2 aromatic rings. The minimum atomic E-state index is -0.417. The van der Waals surface area contributed by atoms with Crippen LogP contribution >= 0.6 is 24.0 Å². The summed E-state index contributed by atoms with van der Waals surface area (Å²) in [6.07, 6.45) is 4.07. The number of aliphatic imine (C=N–C) groups is 1. The molecule has 6 nitrogen and oxygen atoms in total. The topological polar surface area (TPSA) is 84.4 Å². The number of nitrogens with two attached hydrogens (primary N) is 1. The van der Waals surface area contributed by atoms with Gasteiger partial charge in [0.05, 0.1) is 6.54 Å². The predicted molar refractivity (Wildman–Crippen MR) is 108 cm³/mol. The van der Waals surface area contributed by atoms with E-state index in [1.807, 2.05) is 43.6 Å². The maximum Gasteiger partial charge on any atom is 0.248 e. The van der Waals surface area contributed by atoms with Crippen molar-refractivity contribution < 1.29 is 4.79 Å². The number of nitrogens with zero attached hydrogens (tertiary/aromatic N) is 2. The number of carbonyl (C=O) groups is 1. The first-order chi connectivity index (χ1) is 11.2. The third-order valence-corrected chi connectivity index (χ3v) is 3.33. The molecule has 0 radical (unpaired) electrons. The van der Waals surface area contributed by atoms with Gasteiger partial charge in [0.1, 0.15) is 0 Å². The van der Waals surface area contributed by atoms with Gasteiger partial charge in [0.25, 0.3) is 0 Å². The van der Waals surface area contributed by atoms with Crippen molar-refractivity contribution >= 4 is 35.8 Å². The Morgan fingerprint density at radius 1 is 1.17 bits per heavy atom. The zero-order valence-corrected chi connectivity index (χ0v) is 16.1. The van der Waals surface area contributed by atoms with E-state index in [4.69, 9.17) is 5.73 Å². The Morgan fingerprint density at radius 2 is 1.83 bits per heavy atom. The van der Waals surface area contributed by atoms with E-state index in [0.29, 0.717) is 12.1 Å². The van der Waals surface area contributed by atoms with Crippen LogP contribution in [-0.4, -0.2) is 29.5 Å². The number of carbonyl (C=O) groups excluding carboxylic acids is 1. The molecule has 0 atom stereocenters. The molecule has 0 aliphatic heterocycles. The summed E-state index contributed by atoms with van der Waals surface area (Å²) in [5.74, 6) is 0.360. The van der Waals surface area contributed by atoms with Gasteiger partial charge in [0.2, 0.25) is 5.91 Å². The van der Waals surface area contributed by atoms with Crippen LogP contribution in [0.4, 0.5) is 0 Å². The van der Waals surface area contributed by atoms with E-state index < -0.39 is 5.91 Å². The number of benzene rings is 1. The van der Waals surface area contributed by atoms with Gasteiger partial charge in [0, 0.05) is 37.6 Å². The third kappa shape index (κ3) is 6.61. The number of amides is 1. The van der Waals surface area contributed by atoms with Crippen LogP contribution in [0.5, 0.6) is 0 Å². The molecule has 0 aliphatic carbocycles. The Balaban J connectivity index is 0.00000288. The summed E-state index contributed by atoms with van der Waals surface area (Å²) in [7, 11) is 0. The van der Waals surface area contributed by atoms with Crippen molar-refractivity contribution in [3.63, 3.8) is 0 Å². The van der Waals surface area contributed by atoms with Crippen LogP contribution in [0.3, 0.4) is 0 Å². The highest BCUT2D eigenvalue weighted by molar-refractivity contribution is 14.0. The van der Waals surface area contributed by atoms with Crippen molar-refractivity contribution in [3.8, 4) is 0 Å². The second kappa shape index (κ2) is 10.7. The van der Waals surface area contributed by atoms with Crippen molar-refractivity contribution in [2.24, 2.45) is 10.7 Å². The van der Waals surface area contributed by atoms with E-state index in [2.05, 4.69) is 20.2 Å². The predicted octanol–water partition coefficient (Wildman–Crippen LogP) is 1.96. The summed E-state index contributed by atoms with van der Waals surface area (Å²) in [6, 6.07) is 11.2. The first-order valence-electron chi connectivity index (χ1n) is 7.70. The quantitative estimate of drug-likeness (QED) is 0.349. The van der Waals surface area contributed by atoms with E-state index in [-0.39, 0.29) is 24.0 Å². The van der Waals surface area contributed by atoms with E-state index >= 15 is 0 Å². The second-order valence-electron chi connectivity index (χ2n) is 5.10. The fourth-order valence-corrected chi connectivity index (χ4v) is 2.11. The maximum atomic E-state index is 11.1. The Morgan fingerprint density at radius 3 is 2.42 bits per heavy atom. The van der Waals surface area contributed by atoms with Gasteiger partial charge in [0.15, 0.2) is 5.96 Å². The smallest absolute Gasteiger partial charge is 0.248 e. The average Bonchev–Trinajstić information content (AvgIpc) is 3.06. The number of hydrogen-bond acceptors (Lipinski definition) is 2. The second-order valence-corrected chi connectivity index (χ2v) is 5.10. The standard InChI is InChI=1S/C17H23N5O.HI/c1-2-19-17(20-9-12-22-10-3-4-11-22)21-13-14-5-7-15(8-6-14)16(18)23;/h3-8,10-11H,2,9,12-13H2,1H3,(H2,18,23)(H2,19,20,21);1H. The van der Waals surface area contributed by atoms with E-state index in [1.54, 1.807) is 12.1 Å². The van der Waals surface area contributed by atoms with Gasteiger partial charge in [-0.3, -0.25) is 4.79 Å². The molecule has 0 bridgehead atoms. The zero-order chi connectivity index (χ0) is 16.5. The molecule has 4 N–H and O–H groups in total. The molecule has 130 valence electrons. The highest BCUT2D eigenvalue weighted by atomic mass is 127. The van der Waals surface area contributed by atoms with Crippen LogP contribution < -0.4 is 16.4 Å². The summed E-state index contributed by atoms with van der Waals surface area (Å²) in [4.78, 5) is 15.6. The molecule has 1 aromatic carbocycles. The number of aromatic nitrogens is 1. The Hall–Kier alpha value is -2.03. The molecule has 24 heavy (non-hydrogen) atoms. The number of guanidine groups is 1. The number of halogens is 1. The highest BCUT2D eigenvalue weighted by Crippen LogP contribution is 2.05. The molecule has 2 rings (SSSR count). The molecular formula is C17H24IN5O. The van der Waals surface area contributed by atoms with Gasteiger partial charge in [-0.2, -0.15) is 0 Å². The maximum absolute atomic E-state index is 11.1. The van der Waals surface area contributed by atoms with Crippen LogP contribution in [0.1, 0.15) is 22.8 Å². The lowest BCUT2D eigenvalue weighted by atomic mass is 10.1. The fraction of sp³-hybridized carbons (Fsp3) is 0.294. The van der Waals surface area contributed by atoms with Crippen LogP contribution in [0.15, 0.2) is 53.8 Å². The van der Waals surface area contributed by atoms with Crippen LogP contribution in [-0.2, 0) is 13.1 Å². The van der Waals surface area contributed by atoms with Gasteiger partial charge >= 0.3 is 0 Å². The summed E-state index contributed by atoms with van der Waals surface area (Å²) in [5.41, 5.74) is 6.77. The van der Waals surface area contributed by atoms with Gasteiger partial charge in [-0.15, -0.1) is 24.0 Å². The number of nitrogens with one attached hydrogen (secondary N) is 2. The molecule has 1 heterocycles. The van der Waals surface area contributed by atoms with Crippen molar-refractivity contribution in [3.05, 3.63) is 59.9 Å². The third-order valence-electron chi connectivity index (χ3n) is 3.33. The Bertz CT molecular complexity index is 638. The summed E-state index contributed by atoms with van der Waals surface area (Å²) in [5, 5.41) is 6.52. The van der Waals surface area contributed by atoms with Crippen molar-refractivity contribution in [2.45, 2.75) is 20.0 Å². The molecule has 0 fully saturated rings. The zero-order valence-electron chi connectivity index (χ0n) is 13.7. The van der Waals surface area contributed by atoms with E-state index in [0.717, 1.165) is 31.2 Å². The summed E-state index contributed by atoms with van der Waals surface area (Å²) < 4.78 is 2.11. The molecule has 1 amide bonds. The largest absolute Gasteiger partial charge is 0.366 e. The number of primary amides is 1. The number of rotatable bonds is 7. The molecule has 1 aromatic heterocycles. The minimum absolute atomic E-state index is 0. The minimum Gasteiger partial charge on any atom is -0.366 e. The molecule has 7 heteroatoms. The Labute approximate surface area is 159 Å². The first-order valence-corrected chi connectivity index (χ1v) is 7.70. The van der Waals surface area contributed by atoms with Crippen molar-refractivity contribution in [2.75, 3.05) is 13.1 Å². The van der Waals surface area contributed by atoms with Crippen molar-refractivity contribution in [1.82, 2.24) is 15.2 Å². The van der Waals surface area contributed by atoms with Gasteiger partial charge in [-0.05, 0) is 36.8 Å². The SMILES string of the molecule is CCNC(=NCc1ccc(C(N)=O)cc1)NCCn1cccc1.I. The van der Waals surface area contributed by atoms with Gasteiger partial charge < -0.3 is 20.9 Å². The van der Waals surface area contributed by atoms with E-state index in [1.165, 1.54) is 0 Å². The molecule has 0 aliphatic rings. The number of hydrogen-bond donors (Lipinski definition) is 3. The normalized spacial score (nSPS) is 10.8. The molecular weight excluding hydrogens is 417 g/mol. The van der Waals surface area contributed by atoms with Crippen LogP contribution in [0.25, 0.3) is 0 Å². The lowest BCUT2D eigenvalue weighted by Gasteiger charge is -2.11. The molecule has 0 saturated carbocycles. The van der Waals surface area contributed by atoms with E-state index in [9.17, 15) is 4.79 Å². The highest BCUT2D eigenvalue weighted by Gasteiger charge is 2.01. The molecule has 0 saturated heterocycles. The fourth-order valence-electron chi connectivity index (χ4n) is 2.11. The molecule has 0 unspecified atom stereocenters.